The molecule has 3 heteroatoms. The first-order valence-electron chi connectivity index (χ1n) is 4.73. The maximum absolute atomic E-state index is 11.5. The minimum absolute atomic E-state index is 0.142. The third-order valence-corrected chi connectivity index (χ3v) is 2.10. The molecule has 0 saturated carbocycles. The predicted octanol–water partition coefficient (Wildman–Crippen LogP) is 1.33. The van der Waals surface area contributed by atoms with E-state index < -0.39 is 0 Å². The fourth-order valence-corrected chi connectivity index (χ4v) is 1.13. The Morgan fingerprint density at radius 3 is 2.93 bits per heavy atom. The summed E-state index contributed by atoms with van der Waals surface area (Å²) in [6.45, 7) is 2.39. The number of rotatable bonds is 3. The second kappa shape index (κ2) is 5.06. The number of amides is 1. The molecule has 0 fully saturated rings. The lowest BCUT2D eigenvalue weighted by atomic mass is 10.1. The van der Waals surface area contributed by atoms with Gasteiger partial charge in [-0.3, -0.25) is 4.79 Å². The largest absolute Gasteiger partial charge is 0.398 e. The van der Waals surface area contributed by atoms with E-state index in [0.29, 0.717) is 24.2 Å². The molecule has 1 rings (SSSR count). The maximum atomic E-state index is 11.5. The predicted molar refractivity (Wildman–Crippen MR) is 61.4 cm³/mol. The molecule has 0 radical (unpaired) electrons. The van der Waals surface area contributed by atoms with E-state index in [1.807, 2.05) is 13.0 Å². The number of terminal acetylenes is 1. The van der Waals surface area contributed by atoms with E-state index in [4.69, 9.17) is 12.2 Å². The molecule has 0 aliphatic rings. The van der Waals surface area contributed by atoms with Crippen molar-refractivity contribution in [3.8, 4) is 12.3 Å². The molecule has 0 bridgehead atoms. The van der Waals surface area contributed by atoms with Crippen LogP contribution in [0.15, 0.2) is 18.2 Å². The monoisotopic (exact) mass is 202 g/mol. The summed E-state index contributed by atoms with van der Waals surface area (Å²) in [4.78, 5) is 11.5. The molecule has 0 aliphatic carbocycles. The number of aryl methyl sites for hydroxylation is 1. The molecule has 3 nitrogen and oxygen atoms in total. The summed E-state index contributed by atoms with van der Waals surface area (Å²) in [6, 6.07) is 5.24. The highest BCUT2D eigenvalue weighted by Crippen LogP contribution is 2.12. The third kappa shape index (κ3) is 3.03. The van der Waals surface area contributed by atoms with Gasteiger partial charge in [0.15, 0.2) is 0 Å². The van der Waals surface area contributed by atoms with Gasteiger partial charge in [0.2, 0.25) is 0 Å². The standard InChI is InChI=1S/C12H14N2O/c1-3-4-7-14-12(15)10-6-5-9(2)11(13)8-10/h1,5-6,8H,4,7,13H2,2H3,(H,14,15). The van der Waals surface area contributed by atoms with Gasteiger partial charge >= 0.3 is 0 Å². The van der Waals surface area contributed by atoms with Crippen molar-refractivity contribution >= 4 is 11.6 Å². The highest BCUT2D eigenvalue weighted by molar-refractivity contribution is 5.95. The van der Waals surface area contributed by atoms with Crippen LogP contribution in [0.1, 0.15) is 22.3 Å². The molecule has 78 valence electrons. The van der Waals surface area contributed by atoms with Gasteiger partial charge in [0.05, 0.1) is 0 Å². The summed E-state index contributed by atoms with van der Waals surface area (Å²) in [5, 5.41) is 2.71. The second-order valence-corrected chi connectivity index (χ2v) is 3.28. The van der Waals surface area contributed by atoms with Crippen molar-refractivity contribution in [2.45, 2.75) is 13.3 Å². The highest BCUT2D eigenvalue weighted by Gasteiger charge is 2.05. The number of nitrogen functional groups attached to an aromatic ring is 1. The van der Waals surface area contributed by atoms with Gasteiger partial charge in [-0.15, -0.1) is 12.3 Å². The van der Waals surface area contributed by atoms with Gasteiger partial charge in [-0.05, 0) is 24.6 Å². The topological polar surface area (TPSA) is 55.1 Å². The molecule has 0 spiro atoms. The van der Waals surface area contributed by atoms with Gasteiger partial charge in [0.25, 0.3) is 5.91 Å². The van der Waals surface area contributed by atoms with Crippen LogP contribution < -0.4 is 11.1 Å². The molecular formula is C12H14N2O. The molecule has 0 atom stereocenters. The molecule has 1 amide bonds. The Bertz CT molecular complexity index is 405. The van der Waals surface area contributed by atoms with Crippen molar-refractivity contribution in [3.63, 3.8) is 0 Å². The highest BCUT2D eigenvalue weighted by atomic mass is 16.1. The normalized spacial score (nSPS) is 9.33. The van der Waals surface area contributed by atoms with E-state index in [1.165, 1.54) is 0 Å². The maximum Gasteiger partial charge on any atom is 0.251 e. The third-order valence-electron chi connectivity index (χ3n) is 2.10. The Morgan fingerprint density at radius 2 is 2.33 bits per heavy atom. The molecule has 0 saturated heterocycles. The van der Waals surface area contributed by atoms with Crippen LogP contribution in [0.2, 0.25) is 0 Å². The number of carbonyl (C=O) groups is 1. The molecule has 1 aromatic rings. The second-order valence-electron chi connectivity index (χ2n) is 3.28. The van der Waals surface area contributed by atoms with Gasteiger partial charge in [0, 0.05) is 24.2 Å². The van der Waals surface area contributed by atoms with Crippen LogP contribution in [0, 0.1) is 19.3 Å². The molecule has 1 aromatic carbocycles. The number of anilines is 1. The Morgan fingerprint density at radius 1 is 1.60 bits per heavy atom. The zero-order valence-electron chi connectivity index (χ0n) is 8.71. The summed E-state index contributed by atoms with van der Waals surface area (Å²) in [5.41, 5.74) is 7.86. The van der Waals surface area contributed by atoms with Crippen LogP contribution in [-0.2, 0) is 0 Å². The van der Waals surface area contributed by atoms with Gasteiger partial charge in [-0.1, -0.05) is 6.07 Å². The van der Waals surface area contributed by atoms with Crippen LogP contribution in [0.4, 0.5) is 5.69 Å². The number of carbonyl (C=O) groups excluding carboxylic acids is 1. The lowest BCUT2D eigenvalue weighted by molar-refractivity contribution is 0.0954. The summed E-state index contributed by atoms with van der Waals surface area (Å²) < 4.78 is 0. The van der Waals surface area contributed by atoms with E-state index in [0.717, 1.165) is 5.56 Å². The zero-order valence-corrected chi connectivity index (χ0v) is 8.71. The van der Waals surface area contributed by atoms with E-state index in [9.17, 15) is 4.79 Å². The average molecular weight is 202 g/mol. The van der Waals surface area contributed by atoms with Crippen molar-refractivity contribution in [1.82, 2.24) is 5.32 Å². The molecule has 0 aromatic heterocycles. The van der Waals surface area contributed by atoms with Crippen LogP contribution in [0.5, 0.6) is 0 Å². The Kier molecular flexibility index (Phi) is 3.75. The van der Waals surface area contributed by atoms with E-state index in [-0.39, 0.29) is 5.91 Å². The molecule has 0 heterocycles. The summed E-state index contributed by atoms with van der Waals surface area (Å²) in [6.07, 6.45) is 5.61. The van der Waals surface area contributed by atoms with Crippen molar-refractivity contribution in [3.05, 3.63) is 29.3 Å². The molecular weight excluding hydrogens is 188 g/mol. The van der Waals surface area contributed by atoms with Crippen LogP contribution in [0.25, 0.3) is 0 Å². The molecule has 3 N–H and O–H groups in total. The lowest BCUT2D eigenvalue weighted by Gasteiger charge is -2.05. The van der Waals surface area contributed by atoms with Crippen LogP contribution in [-0.4, -0.2) is 12.5 Å². The smallest absolute Gasteiger partial charge is 0.251 e. The van der Waals surface area contributed by atoms with Gasteiger partial charge in [-0.25, -0.2) is 0 Å². The number of nitrogens with two attached hydrogens (primary N) is 1. The fourth-order valence-electron chi connectivity index (χ4n) is 1.13. The first-order valence-corrected chi connectivity index (χ1v) is 4.73. The van der Waals surface area contributed by atoms with Gasteiger partial charge in [0.1, 0.15) is 0 Å². The quantitative estimate of drug-likeness (QED) is 0.441. The lowest BCUT2D eigenvalue weighted by Crippen LogP contribution is -2.24. The average Bonchev–Trinajstić information content (AvgIpc) is 2.22. The van der Waals surface area contributed by atoms with Crippen molar-refractivity contribution in [1.29, 1.82) is 0 Å². The van der Waals surface area contributed by atoms with E-state index in [2.05, 4.69) is 11.2 Å². The Labute approximate surface area is 89.7 Å². The van der Waals surface area contributed by atoms with Crippen LogP contribution >= 0.6 is 0 Å². The van der Waals surface area contributed by atoms with E-state index >= 15 is 0 Å². The Hall–Kier alpha value is -1.95. The minimum atomic E-state index is -0.142. The first-order chi connectivity index (χ1) is 7.15. The fraction of sp³-hybridized carbons (Fsp3) is 0.250. The zero-order chi connectivity index (χ0) is 11.3. The summed E-state index contributed by atoms with van der Waals surface area (Å²) >= 11 is 0. The number of hydrogen-bond acceptors (Lipinski definition) is 2. The van der Waals surface area contributed by atoms with E-state index in [1.54, 1.807) is 12.1 Å². The summed E-state index contributed by atoms with van der Waals surface area (Å²) in [7, 11) is 0. The molecule has 0 aliphatic heterocycles. The SMILES string of the molecule is C#CCCNC(=O)c1ccc(C)c(N)c1. The molecule has 15 heavy (non-hydrogen) atoms. The Balaban J connectivity index is 2.67. The van der Waals surface area contributed by atoms with Gasteiger partial charge < -0.3 is 11.1 Å². The number of benzene rings is 1. The van der Waals surface area contributed by atoms with Crippen LogP contribution in [0.3, 0.4) is 0 Å². The summed E-state index contributed by atoms with van der Waals surface area (Å²) in [5.74, 6) is 2.31. The van der Waals surface area contributed by atoms with Crippen molar-refractivity contribution < 1.29 is 4.79 Å². The van der Waals surface area contributed by atoms with Crippen molar-refractivity contribution in [2.24, 2.45) is 0 Å². The first kappa shape index (κ1) is 11.1. The van der Waals surface area contributed by atoms with Gasteiger partial charge in [-0.2, -0.15) is 0 Å². The van der Waals surface area contributed by atoms with Crippen molar-refractivity contribution in [2.75, 3.05) is 12.3 Å². The molecule has 0 unspecified atom stereocenters. The number of nitrogens with one attached hydrogen (secondary N) is 1. The minimum Gasteiger partial charge on any atom is -0.398 e. The number of hydrogen-bond donors (Lipinski definition) is 2.